The van der Waals surface area contributed by atoms with Gasteiger partial charge in [-0.25, -0.2) is 78.0 Å². The van der Waals surface area contributed by atoms with Gasteiger partial charge in [0.15, 0.2) is 23.7 Å². The van der Waals surface area contributed by atoms with E-state index in [2.05, 4.69) is 113 Å². The molecule has 4 amide bonds. The van der Waals surface area contributed by atoms with Gasteiger partial charge in [-0.05, 0) is 133 Å². The third-order valence-corrected chi connectivity index (χ3v) is 13.8. The van der Waals surface area contributed by atoms with Crippen LogP contribution in [0.3, 0.4) is 0 Å². The van der Waals surface area contributed by atoms with Crippen LogP contribution in [0.25, 0.3) is 33.1 Å². The summed E-state index contributed by atoms with van der Waals surface area (Å²) in [4.78, 5) is 87.8. The maximum Gasteiger partial charge on any atom is 0.411 e. The molecule has 1 unspecified atom stereocenters. The van der Waals surface area contributed by atoms with E-state index < -0.39 is 111 Å². The third-order valence-electron chi connectivity index (χ3n) is 12.5. The Bertz CT molecular complexity index is 4700. The second-order valence-corrected chi connectivity index (χ2v) is 21.4. The van der Waals surface area contributed by atoms with E-state index in [9.17, 15) is 77.8 Å². The van der Waals surface area contributed by atoms with Crippen molar-refractivity contribution < 1.29 is 96.7 Å². The number of nitrogens with one attached hydrogen (secondary N) is 7. The van der Waals surface area contributed by atoms with Crippen LogP contribution in [0, 0.1) is 58.2 Å². The number of ether oxygens (including phenoxy) is 4. The number of rotatable bonds is 9. The number of hydrogen-bond donors (Lipinski definition) is 9. The van der Waals surface area contributed by atoms with Crippen LogP contribution in [-0.2, 0) is 18.9 Å². The number of benzene rings is 5. The number of aromatic amines is 3. The van der Waals surface area contributed by atoms with E-state index in [0.29, 0.717) is 37.1 Å². The second-order valence-electron chi connectivity index (χ2n) is 18.6. The lowest BCUT2D eigenvalue weighted by Gasteiger charge is -2.15. The van der Waals surface area contributed by atoms with Gasteiger partial charge in [0.05, 0.1) is 73.6 Å². The lowest BCUT2D eigenvalue weighted by Crippen LogP contribution is -2.15. The van der Waals surface area contributed by atoms with E-state index in [-0.39, 0.29) is 45.8 Å². The summed E-state index contributed by atoms with van der Waals surface area (Å²) < 4.78 is 153. The van der Waals surface area contributed by atoms with E-state index in [1.165, 1.54) is 24.7 Å². The average molecular weight is 1550 g/mol. The number of hydrogen-bond acceptors (Lipinski definition) is 15. The molecule has 506 valence electrons. The van der Waals surface area contributed by atoms with Gasteiger partial charge in [-0.2, -0.15) is 0 Å². The standard InChI is InChI=1S/C16H12BrF2N3O3.C16H10BrF2N3O3.C9H7F2NO3.C8H7F2NO2.C7H5BrN2.C6H5F2N/c2*1-25-16(24)22-11-3-2-10(18)12(13(11)19)14(23)9-6-21-15-8(9)4-7(17)5-20-15;1-15-9(14)12-7-3-2-6(10)5(4-13)8(7)11;1-13-8(12)11-7-3-2-5(9)4-6(7)10;8-6-3-5-1-2-9-7(5)10-4-6;7-4-1-2-6(9)5(8)3-4/h2-6,14,23H,1H3,(H,20,21)(H,22,24);2-6H,1H3,(H,20,21)(H,22,24);2-4H,1H3,(H,12,14);2-4H,1H3,(H,11,12);1-4H,(H,9,10);1-3H,9H2. The number of fused-ring (bicyclic) bond motifs is 3. The van der Waals surface area contributed by atoms with Gasteiger partial charge in [0, 0.05) is 90.0 Å². The van der Waals surface area contributed by atoms with Crippen LogP contribution in [0.2, 0.25) is 0 Å². The number of nitrogens with two attached hydrogens (primary N) is 1. The first kappa shape index (κ1) is 75.1. The van der Waals surface area contributed by atoms with Crippen molar-refractivity contribution in [3.05, 3.63) is 234 Å². The summed E-state index contributed by atoms with van der Waals surface area (Å²) in [6.07, 6.45) is 4.35. The predicted octanol–water partition coefficient (Wildman–Crippen LogP) is 15.8. The van der Waals surface area contributed by atoms with Crippen molar-refractivity contribution in [2.24, 2.45) is 0 Å². The number of aliphatic hydroxyl groups is 1. The van der Waals surface area contributed by atoms with E-state index in [1.54, 1.807) is 24.5 Å². The molecule has 0 fully saturated rings. The van der Waals surface area contributed by atoms with Gasteiger partial charge in [0.1, 0.15) is 63.8 Å². The molecule has 0 aliphatic heterocycles. The van der Waals surface area contributed by atoms with E-state index in [4.69, 9.17) is 5.73 Å². The first-order valence-corrected chi connectivity index (χ1v) is 29.0. The lowest BCUT2D eigenvalue weighted by molar-refractivity contribution is 0.103. The quantitative estimate of drug-likeness (QED) is 0.0213. The average Bonchev–Trinajstić information content (AvgIpc) is 1.74. The molecule has 11 aromatic rings. The number of carbonyl (C=O) groups is 6. The highest BCUT2D eigenvalue weighted by atomic mass is 79.9. The highest BCUT2D eigenvalue weighted by Crippen LogP contribution is 2.35. The molecule has 6 heterocycles. The molecule has 97 heavy (non-hydrogen) atoms. The monoisotopic (exact) mass is 1550 g/mol. The van der Waals surface area contributed by atoms with Gasteiger partial charge in [0.25, 0.3) is 0 Å². The van der Waals surface area contributed by atoms with E-state index in [1.807, 2.05) is 23.6 Å². The molecular weight excluding hydrogens is 1500 g/mol. The zero-order chi connectivity index (χ0) is 71.4. The summed E-state index contributed by atoms with van der Waals surface area (Å²) in [5.74, 6) is -10.1. The number of ketones is 1. The minimum atomic E-state index is -1.61. The molecule has 6 aromatic heterocycles. The Morgan fingerprint density at radius 2 is 0.959 bits per heavy atom. The fourth-order valence-electron chi connectivity index (χ4n) is 7.88. The highest BCUT2D eigenvalue weighted by Gasteiger charge is 2.27. The molecular formula is C62H46Br3F10N11O11. The maximum absolute atomic E-state index is 14.6. The summed E-state index contributed by atoms with van der Waals surface area (Å²) in [6.45, 7) is 0. The Morgan fingerprint density at radius 1 is 0.505 bits per heavy atom. The predicted molar refractivity (Wildman–Crippen MR) is 345 cm³/mol. The zero-order valence-electron chi connectivity index (χ0n) is 49.7. The first-order chi connectivity index (χ1) is 46.1. The Morgan fingerprint density at radius 3 is 1.49 bits per heavy atom. The van der Waals surface area contributed by atoms with E-state index in [0.717, 1.165) is 105 Å². The van der Waals surface area contributed by atoms with Crippen molar-refractivity contribution >= 4 is 146 Å². The van der Waals surface area contributed by atoms with Crippen molar-refractivity contribution in [1.82, 2.24) is 29.9 Å². The number of H-pyrrole nitrogens is 3. The molecule has 0 aliphatic carbocycles. The number of halogens is 13. The van der Waals surface area contributed by atoms with Crippen LogP contribution in [0.15, 0.2) is 148 Å². The highest BCUT2D eigenvalue weighted by molar-refractivity contribution is 9.11. The molecule has 0 radical (unpaired) electrons. The van der Waals surface area contributed by atoms with Crippen LogP contribution >= 0.6 is 47.8 Å². The molecule has 11 rings (SSSR count). The van der Waals surface area contributed by atoms with Gasteiger partial charge in [0.2, 0.25) is 5.78 Å². The van der Waals surface area contributed by atoms with Gasteiger partial charge in [-0.1, -0.05) is 0 Å². The Labute approximate surface area is 564 Å². The van der Waals surface area contributed by atoms with Crippen LogP contribution in [0.1, 0.15) is 43.5 Å². The van der Waals surface area contributed by atoms with Crippen molar-refractivity contribution in [3.63, 3.8) is 0 Å². The number of aliphatic hydroxyl groups excluding tert-OH is 1. The molecule has 1 atom stereocenters. The zero-order valence-corrected chi connectivity index (χ0v) is 54.5. The molecule has 5 aromatic carbocycles. The molecule has 0 saturated carbocycles. The van der Waals surface area contributed by atoms with Gasteiger partial charge >= 0.3 is 24.4 Å². The SMILES string of the molecule is Brc1cnc2[nH]ccc2c1.COC(=O)Nc1ccc(F)c(C(=O)c2c[nH]c3ncc(Br)cc23)c1F.COC(=O)Nc1ccc(F)c(C(O)c2c[nH]c3ncc(Br)cc23)c1F.COC(=O)Nc1ccc(F)c(C=O)c1F.COC(=O)Nc1ccc(F)cc1F.Nc1ccc(F)cc1F. The minimum absolute atomic E-state index is 0.0311. The number of aldehydes is 1. The van der Waals surface area contributed by atoms with Crippen LogP contribution in [0.4, 0.5) is 91.5 Å². The van der Waals surface area contributed by atoms with Crippen molar-refractivity contribution in [1.29, 1.82) is 0 Å². The summed E-state index contributed by atoms with van der Waals surface area (Å²) in [7, 11) is 4.46. The molecule has 35 heteroatoms. The summed E-state index contributed by atoms with van der Waals surface area (Å²) in [5, 5.41) is 20.9. The summed E-state index contributed by atoms with van der Waals surface area (Å²) >= 11 is 9.84. The number of nitrogen functional groups attached to an aromatic ring is 1. The fraction of sp³-hybridized carbons (Fsp3) is 0.0806. The molecule has 0 bridgehead atoms. The molecule has 0 saturated heterocycles. The smallest absolute Gasteiger partial charge is 0.411 e. The molecule has 22 nitrogen and oxygen atoms in total. The Hall–Kier alpha value is -10.9. The first-order valence-electron chi connectivity index (χ1n) is 26.6. The number of nitrogens with zero attached hydrogens (tertiary/aromatic N) is 3. The number of anilines is 5. The molecule has 10 N–H and O–H groups in total. The van der Waals surface area contributed by atoms with E-state index >= 15 is 0 Å². The van der Waals surface area contributed by atoms with Crippen LogP contribution in [0.5, 0.6) is 0 Å². The molecule has 0 aliphatic rings. The van der Waals surface area contributed by atoms with Gasteiger partial charge in [-0.3, -0.25) is 30.9 Å². The van der Waals surface area contributed by atoms with Crippen LogP contribution < -0.4 is 27.0 Å². The Kier molecular flexibility index (Phi) is 27.1. The topological polar surface area (TPSA) is 320 Å². The number of aromatic nitrogens is 6. The minimum Gasteiger partial charge on any atom is -0.453 e. The summed E-state index contributed by atoms with van der Waals surface area (Å²) in [6, 6.07) is 18.9. The Balaban J connectivity index is 0.000000192. The van der Waals surface area contributed by atoms with Crippen LogP contribution in [-0.4, -0.2) is 99.9 Å². The van der Waals surface area contributed by atoms with Crippen molar-refractivity contribution in [3.8, 4) is 0 Å². The number of carbonyl (C=O) groups excluding carboxylic acids is 6. The fourth-order valence-corrected chi connectivity index (χ4v) is 8.89. The van der Waals surface area contributed by atoms with Gasteiger partial charge < -0.3 is 44.7 Å². The summed E-state index contributed by atoms with van der Waals surface area (Å²) in [5.41, 5.74) is 3.90. The number of amides is 4. The number of pyridine rings is 3. The largest absolute Gasteiger partial charge is 0.453 e. The van der Waals surface area contributed by atoms with Crippen molar-refractivity contribution in [2.45, 2.75) is 6.10 Å². The lowest BCUT2D eigenvalue weighted by atomic mass is 10.00. The normalized spacial score (nSPS) is 10.6. The molecule has 0 spiro atoms. The van der Waals surface area contributed by atoms with Gasteiger partial charge in [-0.15, -0.1) is 0 Å². The second kappa shape index (κ2) is 35.0. The van der Waals surface area contributed by atoms with Crippen molar-refractivity contribution in [2.75, 3.05) is 55.4 Å². The third kappa shape index (κ3) is 20.1. The number of methoxy groups -OCH3 is 4. The maximum atomic E-state index is 14.6.